The summed E-state index contributed by atoms with van der Waals surface area (Å²) in [5.74, 6) is 1.26. The molecule has 0 amide bonds. The zero-order valence-electron chi connectivity index (χ0n) is 14.2. The van der Waals surface area contributed by atoms with Crippen LogP contribution < -0.4 is 16.2 Å². The van der Waals surface area contributed by atoms with Crippen molar-refractivity contribution in [2.75, 3.05) is 13.2 Å². The highest BCUT2D eigenvalue weighted by Crippen LogP contribution is 2.21. The van der Waals surface area contributed by atoms with Gasteiger partial charge in [0.2, 0.25) is 11.9 Å². The summed E-state index contributed by atoms with van der Waals surface area (Å²) in [4.78, 5) is 13.8. The van der Waals surface area contributed by atoms with Gasteiger partial charge in [-0.3, -0.25) is 4.84 Å². The molecular weight excluding hydrogens is 294 g/mol. The van der Waals surface area contributed by atoms with Crippen molar-refractivity contribution in [2.45, 2.75) is 39.8 Å². The molecule has 1 aliphatic heterocycles. The maximum Gasteiger partial charge on any atom is 0.226 e. The molecule has 1 aromatic rings. The lowest BCUT2D eigenvalue weighted by atomic mass is 10.1. The molecule has 1 aliphatic rings. The Labute approximate surface area is 136 Å². The Morgan fingerprint density at radius 3 is 2.57 bits per heavy atom. The van der Waals surface area contributed by atoms with E-state index in [1.807, 2.05) is 32.9 Å². The summed E-state index contributed by atoms with van der Waals surface area (Å²) in [5.41, 5.74) is 13.1. The van der Waals surface area contributed by atoms with Gasteiger partial charge in [-0.1, -0.05) is 17.7 Å². The molecule has 0 fully saturated rings. The first-order valence-electron chi connectivity index (χ1n) is 7.62. The van der Waals surface area contributed by atoms with Gasteiger partial charge in [0.1, 0.15) is 5.75 Å². The van der Waals surface area contributed by atoms with Gasteiger partial charge in [0.05, 0.1) is 13.2 Å². The molecule has 4 N–H and O–H groups in total. The topological polar surface area (TPSA) is 98.5 Å². The largest absolute Gasteiger partial charge is 0.493 e. The van der Waals surface area contributed by atoms with E-state index in [0.717, 1.165) is 11.3 Å². The Balaban J connectivity index is 1.78. The lowest BCUT2D eigenvalue weighted by Gasteiger charge is -2.36. The number of hydroxylamine groups is 2. The minimum atomic E-state index is -0.676. The summed E-state index contributed by atoms with van der Waals surface area (Å²) < 4.78 is 5.77. The molecule has 7 nitrogen and oxygen atoms in total. The van der Waals surface area contributed by atoms with Crippen molar-refractivity contribution in [3.8, 4) is 5.75 Å². The maximum atomic E-state index is 5.84. The highest BCUT2D eigenvalue weighted by Gasteiger charge is 2.32. The second-order valence-corrected chi connectivity index (χ2v) is 6.03. The van der Waals surface area contributed by atoms with Gasteiger partial charge in [-0.05, 0) is 39.3 Å². The van der Waals surface area contributed by atoms with Crippen LogP contribution >= 0.6 is 0 Å². The molecule has 2 rings (SSSR count). The van der Waals surface area contributed by atoms with Gasteiger partial charge in [0.15, 0.2) is 5.66 Å². The van der Waals surface area contributed by atoms with E-state index < -0.39 is 5.66 Å². The Bertz CT molecular complexity index is 625. The van der Waals surface area contributed by atoms with Crippen LogP contribution in [-0.4, -0.2) is 35.9 Å². The Morgan fingerprint density at radius 2 is 1.91 bits per heavy atom. The van der Waals surface area contributed by atoms with Gasteiger partial charge < -0.3 is 16.2 Å². The van der Waals surface area contributed by atoms with Crippen molar-refractivity contribution in [1.29, 1.82) is 0 Å². The molecule has 126 valence electrons. The average Bonchev–Trinajstić information content (AvgIpc) is 2.42. The first-order valence-corrected chi connectivity index (χ1v) is 7.62. The monoisotopic (exact) mass is 319 g/mol. The van der Waals surface area contributed by atoms with Crippen LogP contribution in [-0.2, 0) is 4.84 Å². The third-order valence-electron chi connectivity index (χ3n) is 3.42. The van der Waals surface area contributed by atoms with Crippen molar-refractivity contribution >= 4 is 11.9 Å². The highest BCUT2D eigenvalue weighted by atomic mass is 16.7. The summed E-state index contributed by atoms with van der Waals surface area (Å²) in [6.45, 7) is 8.81. The summed E-state index contributed by atoms with van der Waals surface area (Å²) in [6.07, 6.45) is 0.715. The standard InChI is InChI=1S/C16H25N5O2/c1-11-6-7-13(12(2)10-11)22-8-5-9-23-21-15(18)19-14(17)20-16(21,3)4/h6-7,10H,5,8-9H2,1-4H3,(H4,17,18,19,20). The number of hydrogen-bond acceptors (Lipinski definition) is 7. The first-order chi connectivity index (χ1) is 10.8. The molecule has 0 spiro atoms. The van der Waals surface area contributed by atoms with Gasteiger partial charge in [0, 0.05) is 6.42 Å². The molecule has 23 heavy (non-hydrogen) atoms. The molecular formula is C16H25N5O2. The highest BCUT2D eigenvalue weighted by molar-refractivity contribution is 5.95. The fraction of sp³-hybridized carbons (Fsp3) is 0.500. The molecule has 7 heteroatoms. The second-order valence-electron chi connectivity index (χ2n) is 6.03. The molecule has 0 bridgehead atoms. The first kappa shape index (κ1) is 17.1. The zero-order valence-corrected chi connectivity index (χ0v) is 14.2. The lowest BCUT2D eigenvalue weighted by Crippen LogP contribution is -2.53. The third-order valence-corrected chi connectivity index (χ3v) is 3.42. The van der Waals surface area contributed by atoms with Crippen molar-refractivity contribution in [3.63, 3.8) is 0 Å². The Kier molecular flexibility index (Phi) is 5.10. The van der Waals surface area contributed by atoms with E-state index in [9.17, 15) is 0 Å². The van der Waals surface area contributed by atoms with E-state index >= 15 is 0 Å². The number of rotatable bonds is 6. The van der Waals surface area contributed by atoms with Crippen molar-refractivity contribution in [3.05, 3.63) is 29.3 Å². The predicted octanol–water partition coefficient (Wildman–Crippen LogP) is 1.69. The Morgan fingerprint density at radius 1 is 1.17 bits per heavy atom. The lowest BCUT2D eigenvalue weighted by molar-refractivity contribution is -0.158. The van der Waals surface area contributed by atoms with Gasteiger partial charge >= 0.3 is 0 Å². The van der Waals surface area contributed by atoms with Crippen LogP contribution in [0.5, 0.6) is 5.75 Å². The molecule has 0 radical (unpaired) electrons. The van der Waals surface area contributed by atoms with Gasteiger partial charge in [-0.25, -0.2) is 4.99 Å². The molecule has 0 aliphatic carbocycles. The van der Waals surface area contributed by atoms with Crippen LogP contribution in [0.4, 0.5) is 0 Å². The normalized spacial score (nSPS) is 16.8. The van der Waals surface area contributed by atoms with Gasteiger partial charge in [0.25, 0.3) is 0 Å². The van der Waals surface area contributed by atoms with Crippen LogP contribution in [0.1, 0.15) is 31.4 Å². The summed E-state index contributed by atoms with van der Waals surface area (Å²) >= 11 is 0. The van der Waals surface area contributed by atoms with Crippen LogP contribution in [0.2, 0.25) is 0 Å². The van der Waals surface area contributed by atoms with E-state index in [2.05, 4.69) is 23.0 Å². The van der Waals surface area contributed by atoms with Crippen molar-refractivity contribution in [1.82, 2.24) is 5.06 Å². The van der Waals surface area contributed by atoms with Gasteiger partial charge in [-0.2, -0.15) is 10.1 Å². The van der Waals surface area contributed by atoms with E-state index in [1.54, 1.807) is 0 Å². The number of aliphatic imine (C=N–C) groups is 2. The predicted molar refractivity (Wildman–Crippen MR) is 91.1 cm³/mol. The molecule has 0 saturated heterocycles. The zero-order chi connectivity index (χ0) is 17.0. The molecule has 0 saturated carbocycles. The minimum absolute atomic E-state index is 0.158. The fourth-order valence-corrected chi connectivity index (χ4v) is 2.38. The number of ether oxygens (including phenoxy) is 1. The fourth-order valence-electron chi connectivity index (χ4n) is 2.38. The number of guanidine groups is 2. The van der Waals surface area contributed by atoms with E-state index in [-0.39, 0.29) is 11.9 Å². The number of benzene rings is 1. The number of nitrogens with two attached hydrogens (primary N) is 2. The number of nitrogens with zero attached hydrogens (tertiary/aromatic N) is 3. The Hall–Kier alpha value is -2.28. The number of hydrogen-bond donors (Lipinski definition) is 2. The summed E-state index contributed by atoms with van der Waals surface area (Å²) in [5, 5.41) is 1.47. The van der Waals surface area contributed by atoms with Crippen LogP contribution in [0.3, 0.4) is 0 Å². The number of aryl methyl sites for hydroxylation is 2. The third kappa shape index (κ3) is 4.35. The van der Waals surface area contributed by atoms with Crippen LogP contribution in [0.25, 0.3) is 0 Å². The van der Waals surface area contributed by atoms with Crippen LogP contribution in [0, 0.1) is 13.8 Å². The molecule has 1 aromatic carbocycles. The molecule has 0 atom stereocenters. The SMILES string of the molecule is Cc1ccc(OCCCON2C(N)=NC(N)=NC2(C)C)c(C)c1. The maximum absolute atomic E-state index is 5.84. The van der Waals surface area contributed by atoms with E-state index in [1.165, 1.54) is 10.6 Å². The summed E-state index contributed by atoms with van der Waals surface area (Å²) in [6, 6.07) is 6.12. The molecule has 0 unspecified atom stereocenters. The van der Waals surface area contributed by atoms with E-state index in [4.69, 9.17) is 21.0 Å². The quantitative estimate of drug-likeness (QED) is 0.777. The van der Waals surface area contributed by atoms with Crippen LogP contribution in [0.15, 0.2) is 28.2 Å². The second kappa shape index (κ2) is 6.87. The molecule has 0 aromatic heterocycles. The van der Waals surface area contributed by atoms with E-state index in [0.29, 0.717) is 19.6 Å². The minimum Gasteiger partial charge on any atom is -0.493 e. The van der Waals surface area contributed by atoms with Gasteiger partial charge in [-0.15, -0.1) is 0 Å². The summed E-state index contributed by atoms with van der Waals surface area (Å²) in [7, 11) is 0. The molecule has 1 heterocycles. The smallest absolute Gasteiger partial charge is 0.226 e. The van der Waals surface area contributed by atoms with Crippen molar-refractivity contribution < 1.29 is 9.57 Å². The van der Waals surface area contributed by atoms with Crippen molar-refractivity contribution in [2.24, 2.45) is 21.5 Å². The average molecular weight is 319 g/mol.